The zero-order valence-corrected chi connectivity index (χ0v) is 20.5. The molecule has 13 nitrogen and oxygen atoms in total. The van der Waals surface area contributed by atoms with Gasteiger partial charge in [-0.2, -0.15) is 13.2 Å². The minimum Gasteiger partial charge on any atom is -0.491 e. The van der Waals surface area contributed by atoms with E-state index in [0.29, 0.717) is 35.6 Å². The number of ether oxygens (including phenoxy) is 3. The second-order valence-corrected chi connectivity index (χ2v) is 8.10. The van der Waals surface area contributed by atoms with E-state index in [0.717, 1.165) is 6.07 Å². The Morgan fingerprint density at radius 3 is 2.56 bits per heavy atom. The summed E-state index contributed by atoms with van der Waals surface area (Å²) in [5, 5.41) is 14.2. The van der Waals surface area contributed by atoms with Gasteiger partial charge < -0.3 is 14.2 Å². The number of aryl methyl sites for hydroxylation is 2. The van der Waals surface area contributed by atoms with Gasteiger partial charge in [-0.25, -0.2) is 19.7 Å². The van der Waals surface area contributed by atoms with E-state index in [1.165, 1.54) is 6.92 Å². The molecule has 0 saturated heterocycles. The highest BCUT2D eigenvalue weighted by Crippen LogP contribution is 2.37. The van der Waals surface area contributed by atoms with Crippen LogP contribution in [0.3, 0.4) is 0 Å². The number of esters is 1. The Morgan fingerprint density at radius 1 is 1.15 bits per heavy atom. The highest BCUT2D eigenvalue weighted by atomic mass is 19.4. The lowest BCUT2D eigenvalue weighted by Gasteiger charge is -2.12. The summed E-state index contributed by atoms with van der Waals surface area (Å²) in [4.78, 5) is 49.8. The first-order valence-electron chi connectivity index (χ1n) is 11.1. The third-order valence-corrected chi connectivity index (χ3v) is 5.37. The number of anilines is 2. The van der Waals surface area contributed by atoms with E-state index in [2.05, 4.69) is 30.0 Å². The molecule has 2 N–H and O–H groups in total. The van der Waals surface area contributed by atoms with Crippen molar-refractivity contribution in [2.75, 3.05) is 25.6 Å². The second-order valence-electron chi connectivity index (χ2n) is 8.10. The fourth-order valence-electron chi connectivity index (χ4n) is 3.64. The molecule has 39 heavy (non-hydrogen) atoms. The number of hydrogen-bond acceptors (Lipinski definition) is 11. The van der Waals surface area contributed by atoms with E-state index in [9.17, 15) is 32.9 Å². The van der Waals surface area contributed by atoms with Crippen LogP contribution in [0, 0.1) is 24.0 Å². The molecular weight excluding hydrogens is 529 g/mol. The molecule has 0 aliphatic rings. The Bertz CT molecular complexity index is 1670. The molecule has 0 amide bonds. The molecule has 0 spiro atoms. The van der Waals surface area contributed by atoms with Crippen molar-refractivity contribution >= 4 is 45.4 Å². The van der Waals surface area contributed by atoms with Gasteiger partial charge in [0.05, 0.1) is 28.3 Å². The number of halogens is 3. The first-order valence-corrected chi connectivity index (χ1v) is 11.1. The lowest BCUT2D eigenvalue weighted by atomic mass is 10.1. The van der Waals surface area contributed by atoms with Crippen LogP contribution in [0.4, 0.5) is 30.8 Å². The maximum absolute atomic E-state index is 12.9. The third-order valence-electron chi connectivity index (χ3n) is 5.37. The number of nitrogens with zero attached hydrogens (tertiary/aromatic N) is 4. The average Bonchev–Trinajstić information content (AvgIpc) is 2.85. The molecule has 4 aromatic rings. The van der Waals surface area contributed by atoms with E-state index in [1.54, 1.807) is 32.2 Å². The Morgan fingerprint density at radius 2 is 1.90 bits per heavy atom. The van der Waals surface area contributed by atoms with E-state index in [1.807, 2.05) is 0 Å². The van der Waals surface area contributed by atoms with Crippen molar-refractivity contribution < 1.29 is 37.1 Å². The third kappa shape index (κ3) is 5.69. The van der Waals surface area contributed by atoms with Gasteiger partial charge in [-0.15, -0.1) is 0 Å². The molecule has 2 aromatic heterocycles. The molecule has 0 radical (unpaired) electrons. The van der Waals surface area contributed by atoms with Crippen LogP contribution in [-0.2, 0) is 9.53 Å². The predicted molar refractivity (Wildman–Crippen MR) is 130 cm³/mol. The molecule has 0 aliphatic carbocycles. The van der Waals surface area contributed by atoms with Gasteiger partial charge >= 0.3 is 17.8 Å². The first-order chi connectivity index (χ1) is 18.4. The number of aromatic nitrogens is 4. The maximum atomic E-state index is 12.9. The number of nitro groups is 1. The quantitative estimate of drug-likeness (QED) is 0.108. The summed E-state index contributed by atoms with van der Waals surface area (Å²) in [6.07, 6.45) is -5.46. The maximum Gasteiger partial charge on any atom is 0.491 e. The normalized spacial score (nSPS) is 11.5. The number of fused-ring (bicyclic) bond motifs is 2. The van der Waals surface area contributed by atoms with Crippen LogP contribution in [0.15, 0.2) is 29.1 Å². The highest BCUT2D eigenvalue weighted by molar-refractivity contribution is 5.94. The Labute approximate surface area is 216 Å². The molecule has 204 valence electrons. The fourth-order valence-corrected chi connectivity index (χ4v) is 3.64. The smallest absolute Gasteiger partial charge is 0.491 e. The summed E-state index contributed by atoms with van der Waals surface area (Å²) in [6, 6.07) is 5.99. The van der Waals surface area contributed by atoms with Gasteiger partial charge in [0.15, 0.2) is 0 Å². The average molecular weight is 548 g/mol. The Balaban J connectivity index is 1.74. The Hall–Kier alpha value is -4.86. The Kier molecular flexibility index (Phi) is 7.31. The number of nitrogens with one attached hydrogen (secondary N) is 2. The number of carbonyl (C=O) groups excluding carboxylic acids is 1. The minimum absolute atomic E-state index is 0.0267. The fraction of sp³-hybridized carbons (Fsp3) is 0.261. The molecule has 0 saturated carbocycles. The highest BCUT2D eigenvalue weighted by Gasteiger charge is 2.43. The van der Waals surface area contributed by atoms with Crippen molar-refractivity contribution in [3.8, 4) is 11.5 Å². The number of hydrogen-bond donors (Lipinski definition) is 2. The van der Waals surface area contributed by atoms with E-state index in [-0.39, 0.29) is 23.0 Å². The zero-order valence-electron chi connectivity index (χ0n) is 20.5. The topological polar surface area (TPSA) is 171 Å². The number of H-pyrrole nitrogens is 1. The molecule has 0 aliphatic heterocycles. The number of methoxy groups -OCH3 is 1. The lowest BCUT2D eigenvalue weighted by Crippen LogP contribution is -2.29. The van der Waals surface area contributed by atoms with Gasteiger partial charge in [0.1, 0.15) is 17.7 Å². The molecule has 0 bridgehead atoms. The van der Waals surface area contributed by atoms with Gasteiger partial charge in [0, 0.05) is 18.6 Å². The number of nitro benzene ring substituents is 1. The van der Waals surface area contributed by atoms with E-state index >= 15 is 0 Å². The predicted octanol–water partition coefficient (Wildman–Crippen LogP) is 3.63. The van der Waals surface area contributed by atoms with Gasteiger partial charge in [-0.3, -0.25) is 25.2 Å². The summed E-state index contributed by atoms with van der Waals surface area (Å²) >= 11 is 0. The van der Waals surface area contributed by atoms with Crippen LogP contribution in [0.25, 0.3) is 21.8 Å². The van der Waals surface area contributed by atoms with Crippen molar-refractivity contribution in [1.29, 1.82) is 0 Å². The van der Waals surface area contributed by atoms with Crippen molar-refractivity contribution in [1.82, 2.24) is 19.9 Å². The number of benzene rings is 2. The summed E-state index contributed by atoms with van der Waals surface area (Å²) in [5.74, 6) is -3.51. The number of alkyl halides is 3. The molecule has 4 rings (SSSR count). The van der Waals surface area contributed by atoms with Crippen LogP contribution in [0.2, 0.25) is 0 Å². The van der Waals surface area contributed by atoms with Crippen molar-refractivity contribution in [3.63, 3.8) is 0 Å². The zero-order chi connectivity index (χ0) is 28.5. The van der Waals surface area contributed by atoms with Crippen molar-refractivity contribution in [2.24, 2.45) is 0 Å². The van der Waals surface area contributed by atoms with E-state index in [4.69, 9.17) is 9.47 Å². The second kappa shape index (κ2) is 10.5. The number of carbonyl (C=O) groups is 1. The summed E-state index contributed by atoms with van der Waals surface area (Å²) in [5.41, 5.74) is -1.21. The SMILES string of the molecule is COCCOc1ccc2nc(Nc3nc4c(C)cc([N+](=O)[O-])c(OC(=O)C(F)(F)F)c4c(=O)[nH]3)nc(C)c2c1. The largest absolute Gasteiger partial charge is 0.491 e. The molecular formula is C23H19F3N6O7. The van der Waals surface area contributed by atoms with Crippen molar-refractivity contribution in [3.05, 3.63) is 56.0 Å². The van der Waals surface area contributed by atoms with Crippen LogP contribution >= 0.6 is 0 Å². The van der Waals surface area contributed by atoms with Gasteiger partial charge in [0.2, 0.25) is 17.6 Å². The summed E-state index contributed by atoms with van der Waals surface area (Å²) < 4.78 is 53.2. The summed E-state index contributed by atoms with van der Waals surface area (Å²) in [6.45, 7) is 3.83. The molecule has 0 fully saturated rings. The standard InChI is InChI=1S/C23H19F3N6O7/c1-10-8-15(32(35)36)18(39-20(34)23(24,25)26)16-17(10)29-22(30-19(16)33)31-21-27-11(2)13-9-12(38-7-6-37-3)4-5-14(13)28-21/h4-5,8-9H,6-7H2,1-3H3,(H2,27,28,29,30,31,33). The van der Waals surface area contributed by atoms with Gasteiger partial charge in [0.25, 0.3) is 5.56 Å². The van der Waals surface area contributed by atoms with Crippen LogP contribution in [-0.4, -0.2) is 57.3 Å². The van der Waals surface area contributed by atoms with Crippen LogP contribution < -0.4 is 20.3 Å². The van der Waals surface area contributed by atoms with Gasteiger partial charge in [-0.1, -0.05) is 0 Å². The molecule has 0 unspecified atom stereocenters. The number of aromatic amines is 1. The monoisotopic (exact) mass is 548 g/mol. The van der Waals surface area contributed by atoms with Crippen molar-refractivity contribution in [2.45, 2.75) is 20.0 Å². The minimum atomic E-state index is -5.46. The molecule has 2 heterocycles. The van der Waals surface area contributed by atoms with E-state index < -0.39 is 39.5 Å². The molecule has 16 heteroatoms. The lowest BCUT2D eigenvalue weighted by molar-refractivity contribution is -0.385. The number of rotatable bonds is 8. The molecule has 0 atom stereocenters. The van der Waals surface area contributed by atoms with Gasteiger partial charge in [-0.05, 0) is 37.6 Å². The summed E-state index contributed by atoms with van der Waals surface area (Å²) in [7, 11) is 1.56. The first kappa shape index (κ1) is 27.2. The molecule has 2 aromatic carbocycles. The van der Waals surface area contributed by atoms with Crippen LogP contribution in [0.1, 0.15) is 11.3 Å². The van der Waals surface area contributed by atoms with Crippen LogP contribution in [0.5, 0.6) is 11.5 Å².